The number of benzene rings is 2. The van der Waals surface area contributed by atoms with E-state index in [1.54, 1.807) is 0 Å². The third-order valence-electron chi connectivity index (χ3n) is 3.39. The average Bonchev–Trinajstić information content (AvgIpc) is 2.33. The molecule has 0 aliphatic heterocycles. The summed E-state index contributed by atoms with van der Waals surface area (Å²) in [6, 6.07) is 9.76. The Morgan fingerprint density at radius 3 is 2.05 bits per heavy atom. The van der Waals surface area contributed by atoms with Crippen LogP contribution in [-0.4, -0.2) is 0 Å². The average molecular weight is 314 g/mol. The molecule has 3 heteroatoms. The molecule has 0 aromatic heterocycles. The molecule has 2 rings (SSSR count). The molecule has 1 atom stereocenters. The summed E-state index contributed by atoms with van der Waals surface area (Å²) in [5.74, 6) is 0. The highest BCUT2D eigenvalue weighted by molar-refractivity contribution is 6.33. The van der Waals surface area contributed by atoms with Crippen molar-refractivity contribution in [1.29, 1.82) is 0 Å². The SMILES string of the molecule is Cc1cc(Cl)c(C(Cl)c2ccc(Cl)cc2C)cc1C. The summed E-state index contributed by atoms with van der Waals surface area (Å²) in [7, 11) is 0. The molecule has 2 aromatic carbocycles. The van der Waals surface area contributed by atoms with Crippen molar-refractivity contribution < 1.29 is 0 Å². The van der Waals surface area contributed by atoms with Gasteiger partial charge in [-0.1, -0.05) is 35.3 Å². The molecule has 19 heavy (non-hydrogen) atoms. The predicted molar refractivity (Wildman–Crippen MR) is 84.8 cm³/mol. The number of rotatable bonds is 2. The van der Waals surface area contributed by atoms with Crippen molar-refractivity contribution in [2.75, 3.05) is 0 Å². The molecule has 0 fully saturated rings. The van der Waals surface area contributed by atoms with Crippen LogP contribution in [0.2, 0.25) is 10.0 Å². The highest BCUT2D eigenvalue weighted by atomic mass is 35.5. The molecule has 0 aliphatic carbocycles. The molecule has 0 radical (unpaired) electrons. The number of hydrogen-bond acceptors (Lipinski definition) is 0. The van der Waals surface area contributed by atoms with Gasteiger partial charge >= 0.3 is 0 Å². The van der Waals surface area contributed by atoms with E-state index in [1.165, 1.54) is 11.1 Å². The van der Waals surface area contributed by atoms with Gasteiger partial charge in [-0.25, -0.2) is 0 Å². The predicted octanol–water partition coefficient (Wildman–Crippen LogP) is 6.25. The third kappa shape index (κ3) is 3.08. The van der Waals surface area contributed by atoms with E-state index in [9.17, 15) is 0 Å². The minimum atomic E-state index is -0.260. The second-order valence-electron chi connectivity index (χ2n) is 4.82. The van der Waals surface area contributed by atoms with Crippen molar-refractivity contribution in [3.63, 3.8) is 0 Å². The van der Waals surface area contributed by atoms with Crippen LogP contribution >= 0.6 is 34.8 Å². The Morgan fingerprint density at radius 1 is 0.789 bits per heavy atom. The van der Waals surface area contributed by atoms with E-state index in [4.69, 9.17) is 34.8 Å². The highest BCUT2D eigenvalue weighted by Gasteiger charge is 2.17. The van der Waals surface area contributed by atoms with Crippen LogP contribution < -0.4 is 0 Å². The quantitative estimate of drug-likeness (QED) is 0.575. The summed E-state index contributed by atoms with van der Waals surface area (Å²) < 4.78 is 0. The highest BCUT2D eigenvalue weighted by Crippen LogP contribution is 2.37. The smallest absolute Gasteiger partial charge is 0.0852 e. The maximum atomic E-state index is 6.59. The summed E-state index contributed by atoms with van der Waals surface area (Å²) in [4.78, 5) is 0. The molecule has 2 aromatic rings. The Labute approximate surface area is 129 Å². The van der Waals surface area contributed by atoms with Gasteiger partial charge in [0.1, 0.15) is 0 Å². The number of halogens is 3. The summed E-state index contributed by atoms with van der Waals surface area (Å²) in [6.45, 7) is 6.11. The number of alkyl halides is 1. The van der Waals surface area contributed by atoms with Crippen LogP contribution in [0.4, 0.5) is 0 Å². The Balaban J connectivity index is 2.49. The van der Waals surface area contributed by atoms with Crippen molar-refractivity contribution in [2.45, 2.75) is 26.1 Å². The molecule has 0 amide bonds. The first-order valence-corrected chi connectivity index (χ1v) is 7.26. The van der Waals surface area contributed by atoms with Gasteiger partial charge in [0.15, 0.2) is 0 Å². The fourth-order valence-corrected chi connectivity index (χ4v) is 3.12. The molecule has 0 saturated carbocycles. The third-order valence-corrected chi connectivity index (χ3v) is 4.42. The molecule has 0 N–H and O–H groups in total. The molecule has 0 nitrogen and oxygen atoms in total. The largest absolute Gasteiger partial charge is 0.113 e. The maximum Gasteiger partial charge on any atom is 0.0852 e. The molecule has 1 unspecified atom stereocenters. The summed E-state index contributed by atoms with van der Waals surface area (Å²) in [6.07, 6.45) is 0. The minimum absolute atomic E-state index is 0.260. The van der Waals surface area contributed by atoms with Gasteiger partial charge in [-0.2, -0.15) is 0 Å². The lowest BCUT2D eigenvalue weighted by Crippen LogP contribution is -1.99. The van der Waals surface area contributed by atoms with Gasteiger partial charge in [0.2, 0.25) is 0 Å². The van der Waals surface area contributed by atoms with Gasteiger partial charge in [-0.05, 0) is 66.8 Å². The van der Waals surface area contributed by atoms with Gasteiger partial charge in [0.25, 0.3) is 0 Å². The van der Waals surface area contributed by atoms with Crippen LogP contribution in [0, 0.1) is 20.8 Å². The van der Waals surface area contributed by atoms with E-state index in [-0.39, 0.29) is 5.38 Å². The van der Waals surface area contributed by atoms with Crippen molar-refractivity contribution in [3.8, 4) is 0 Å². The molecule has 0 bridgehead atoms. The zero-order chi connectivity index (χ0) is 14.2. The monoisotopic (exact) mass is 312 g/mol. The summed E-state index contributed by atoms with van der Waals surface area (Å²) in [5.41, 5.74) is 5.41. The Morgan fingerprint density at radius 2 is 1.42 bits per heavy atom. The van der Waals surface area contributed by atoms with Gasteiger partial charge in [0, 0.05) is 10.0 Å². The van der Waals surface area contributed by atoms with E-state index in [0.717, 1.165) is 21.7 Å². The molecule has 0 saturated heterocycles. The summed E-state index contributed by atoms with van der Waals surface area (Å²) >= 11 is 18.9. The van der Waals surface area contributed by atoms with Crippen LogP contribution in [0.1, 0.15) is 33.2 Å². The Hall–Kier alpha value is -0.690. The van der Waals surface area contributed by atoms with Gasteiger partial charge < -0.3 is 0 Å². The lowest BCUT2D eigenvalue weighted by Gasteiger charge is -2.16. The zero-order valence-corrected chi connectivity index (χ0v) is 13.4. The van der Waals surface area contributed by atoms with E-state index in [2.05, 4.69) is 13.0 Å². The molecule has 0 heterocycles. The minimum Gasteiger partial charge on any atom is -0.113 e. The van der Waals surface area contributed by atoms with Crippen LogP contribution in [0.5, 0.6) is 0 Å². The molecule has 0 spiro atoms. The molecule has 100 valence electrons. The lowest BCUT2D eigenvalue weighted by molar-refractivity contribution is 1.10. The van der Waals surface area contributed by atoms with E-state index < -0.39 is 0 Å². The van der Waals surface area contributed by atoms with E-state index >= 15 is 0 Å². The van der Waals surface area contributed by atoms with Crippen LogP contribution in [0.3, 0.4) is 0 Å². The van der Waals surface area contributed by atoms with E-state index in [1.807, 2.05) is 38.1 Å². The second-order valence-corrected chi connectivity index (χ2v) is 6.10. The van der Waals surface area contributed by atoms with Crippen LogP contribution in [0.15, 0.2) is 30.3 Å². The molecular weight excluding hydrogens is 299 g/mol. The van der Waals surface area contributed by atoms with Crippen LogP contribution in [-0.2, 0) is 0 Å². The first-order valence-electron chi connectivity index (χ1n) is 6.07. The zero-order valence-electron chi connectivity index (χ0n) is 11.1. The standard InChI is InChI=1S/C16H15Cl3/c1-9-7-14(15(18)8-10(9)2)16(19)13-5-4-12(17)6-11(13)3/h4-8,16H,1-3H3. The molecule has 0 aliphatic rings. The molecular formula is C16H15Cl3. The van der Waals surface area contributed by atoms with Gasteiger partial charge in [-0.15, -0.1) is 11.6 Å². The fourth-order valence-electron chi connectivity index (χ4n) is 2.09. The normalized spacial score (nSPS) is 12.5. The second kappa shape index (κ2) is 5.75. The number of aryl methyl sites for hydroxylation is 3. The Bertz CT molecular complexity index is 618. The summed E-state index contributed by atoms with van der Waals surface area (Å²) in [5, 5.41) is 1.16. The topological polar surface area (TPSA) is 0 Å². The lowest BCUT2D eigenvalue weighted by atomic mass is 9.97. The van der Waals surface area contributed by atoms with Crippen molar-refractivity contribution in [1.82, 2.24) is 0 Å². The van der Waals surface area contributed by atoms with Gasteiger partial charge in [0.05, 0.1) is 5.38 Å². The first-order chi connectivity index (χ1) is 8.90. The van der Waals surface area contributed by atoms with Crippen molar-refractivity contribution >= 4 is 34.8 Å². The van der Waals surface area contributed by atoms with Crippen LogP contribution in [0.25, 0.3) is 0 Å². The van der Waals surface area contributed by atoms with Crippen molar-refractivity contribution in [3.05, 3.63) is 68.2 Å². The maximum absolute atomic E-state index is 6.59. The Kier molecular flexibility index (Phi) is 4.45. The fraction of sp³-hybridized carbons (Fsp3) is 0.250. The number of hydrogen-bond donors (Lipinski definition) is 0. The van der Waals surface area contributed by atoms with Gasteiger partial charge in [-0.3, -0.25) is 0 Å². The van der Waals surface area contributed by atoms with E-state index in [0.29, 0.717) is 5.02 Å². The first kappa shape index (κ1) is 14.7. The van der Waals surface area contributed by atoms with Crippen molar-refractivity contribution in [2.24, 2.45) is 0 Å².